The molecule has 5 nitrogen and oxygen atoms in total. The van der Waals surface area contributed by atoms with Crippen molar-refractivity contribution in [3.05, 3.63) is 88.9 Å². The second-order valence-corrected chi connectivity index (χ2v) is 13.3. The van der Waals surface area contributed by atoms with Gasteiger partial charge in [0.15, 0.2) is 0 Å². The molecule has 1 radical (unpaired) electrons. The van der Waals surface area contributed by atoms with Crippen molar-refractivity contribution in [2.45, 2.75) is 46.4 Å². The van der Waals surface area contributed by atoms with Gasteiger partial charge in [0.25, 0.3) is 9.04 Å². The van der Waals surface area contributed by atoms with E-state index in [9.17, 15) is 10.1 Å². The molecule has 2 saturated heterocycles. The number of amides is 2. The number of urea groups is 1. The van der Waals surface area contributed by atoms with Crippen LogP contribution in [0.3, 0.4) is 0 Å². The van der Waals surface area contributed by atoms with Gasteiger partial charge in [-0.15, -0.1) is 0 Å². The molecule has 0 aliphatic carbocycles. The fraction of sp³-hybridized carbons (Fsp3) is 0.333. The van der Waals surface area contributed by atoms with Crippen LogP contribution in [0, 0.1) is 29.6 Å². The van der Waals surface area contributed by atoms with Gasteiger partial charge in [0, 0.05) is 6.54 Å². The Morgan fingerprint density at radius 1 is 1.00 bits per heavy atom. The lowest BCUT2D eigenvalue weighted by atomic mass is 9.76. The molecule has 2 amide bonds. The van der Waals surface area contributed by atoms with Crippen LogP contribution in [0.15, 0.2) is 72.8 Å². The van der Waals surface area contributed by atoms with E-state index in [1.165, 1.54) is 0 Å². The van der Waals surface area contributed by atoms with E-state index in [4.69, 9.17) is 16.0 Å². The monoisotopic (exact) mass is 528 g/mol. The quantitative estimate of drug-likeness (QED) is 0.420. The first-order valence-electron chi connectivity index (χ1n) is 12.7. The van der Waals surface area contributed by atoms with Gasteiger partial charge in [-0.2, -0.15) is 5.26 Å². The van der Waals surface area contributed by atoms with Gasteiger partial charge in [-0.3, -0.25) is 4.90 Å². The predicted molar refractivity (Wildman–Crippen MR) is 150 cm³/mol. The molecule has 3 aromatic rings. The number of hydrogen-bond acceptors (Lipinski definition) is 3. The number of carbonyl (C=O) groups excluding carboxylic acids is 1. The van der Waals surface area contributed by atoms with Crippen molar-refractivity contribution in [3.63, 3.8) is 0 Å². The third-order valence-electron chi connectivity index (χ3n) is 7.61. The van der Waals surface area contributed by atoms with Crippen LogP contribution in [-0.2, 0) is 4.43 Å². The molecule has 189 valence electrons. The number of fused-ring (bicyclic) bond motifs is 1. The van der Waals surface area contributed by atoms with Gasteiger partial charge in [-0.1, -0.05) is 93.0 Å². The molecule has 0 bridgehead atoms. The van der Waals surface area contributed by atoms with Crippen LogP contribution in [0.5, 0.6) is 0 Å². The molecule has 0 saturated carbocycles. The van der Waals surface area contributed by atoms with Gasteiger partial charge < -0.3 is 9.33 Å². The number of carbonyl (C=O) groups is 1. The van der Waals surface area contributed by atoms with Crippen molar-refractivity contribution in [1.29, 1.82) is 5.26 Å². The molecule has 5 rings (SSSR count). The normalized spacial score (nSPS) is 21.4. The zero-order chi connectivity index (χ0) is 26.3. The van der Waals surface area contributed by atoms with E-state index < -0.39 is 15.3 Å². The zero-order valence-electron chi connectivity index (χ0n) is 21.6. The van der Waals surface area contributed by atoms with Gasteiger partial charge in [0.1, 0.15) is 12.3 Å². The maximum atomic E-state index is 14.0. The highest BCUT2D eigenvalue weighted by Crippen LogP contribution is 2.47. The number of anilines is 1. The molecule has 2 fully saturated rings. The fourth-order valence-electron chi connectivity index (χ4n) is 5.72. The highest BCUT2D eigenvalue weighted by molar-refractivity contribution is 6.80. The first-order valence-corrected chi connectivity index (χ1v) is 14.4. The Kier molecular flexibility index (Phi) is 6.89. The predicted octanol–water partition coefficient (Wildman–Crippen LogP) is 5.35. The van der Waals surface area contributed by atoms with E-state index in [0.717, 1.165) is 16.8 Å². The summed E-state index contributed by atoms with van der Waals surface area (Å²) >= 11 is 6.58. The molecule has 2 aliphatic rings. The Balaban J connectivity index is 1.65. The SMILES string of the molecule is Cc1c(N2C(=O)N3CC[C@@H](C(C)(C)C)[C@@H]3C2O[Si](c2ccccc2)c2ccccc2)ccc(C#N)c1Cl. The van der Waals surface area contributed by atoms with Gasteiger partial charge >= 0.3 is 6.03 Å². The topological polar surface area (TPSA) is 56.6 Å². The van der Waals surface area contributed by atoms with E-state index in [2.05, 4.69) is 51.1 Å². The number of benzene rings is 3. The maximum absolute atomic E-state index is 14.0. The third kappa shape index (κ3) is 4.57. The van der Waals surface area contributed by atoms with Crippen molar-refractivity contribution in [2.24, 2.45) is 11.3 Å². The Morgan fingerprint density at radius 3 is 2.14 bits per heavy atom. The van der Waals surface area contributed by atoms with E-state index >= 15 is 0 Å². The largest absolute Gasteiger partial charge is 0.385 e. The van der Waals surface area contributed by atoms with E-state index in [0.29, 0.717) is 28.4 Å². The van der Waals surface area contributed by atoms with Crippen molar-refractivity contribution in [3.8, 4) is 6.07 Å². The van der Waals surface area contributed by atoms with Crippen LogP contribution in [0.4, 0.5) is 10.5 Å². The third-order valence-corrected chi connectivity index (χ3v) is 10.3. The van der Waals surface area contributed by atoms with Gasteiger partial charge in [-0.05, 0) is 52.7 Å². The number of nitrogens with zero attached hydrogens (tertiary/aromatic N) is 3. The number of halogens is 1. The maximum Gasteiger partial charge on any atom is 0.327 e. The van der Waals surface area contributed by atoms with Crippen molar-refractivity contribution >= 4 is 42.7 Å². The minimum Gasteiger partial charge on any atom is -0.385 e. The summed E-state index contributed by atoms with van der Waals surface area (Å²) in [7, 11) is -1.69. The summed E-state index contributed by atoms with van der Waals surface area (Å²) < 4.78 is 7.17. The van der Waals surface area contributed by atoms with Crippen molar-refractivity contribution in [1.82, 2.24) is 4.90 Å². The second-order valence-electron chi connectivity index (χ2n) is 10.9. The number of rotatable bonds is 5. The summed E-state index contributed by atoms with van der Waals surface area (Å²) in [6.45, 7) is 9.30. The average Bonchev–Trinajstić information content (AvgIpc) is 3.45. The minimum atomic E-state index is -1.69. The van der Waals surface area contributed by atoms with Crippen LogP contribution in [-0.4, -0.2) is 38.8 Å². The van der Waals surface area contributed by atoms with Gasteiger partial charge in [0.05, 0.1) is 22.3 Å². The molecule has 1 unspecified atom stereocenters. The van der Waals surface area contributed by atoms with Gasteiger partial charge in [0.2, 0.25) is 0 Å². The summed E-state index contributed by atoms with van der Waals surface area (Å²) in [6.07, 6.45) is 0.454. The first kappa shape index (κ1) is 25.5. The first-order chi connectivity index (χ1) is 17.7. The minimum absolute atomic E-state index is 0.00106. The Labute approximate surface area is 226 Å². The van der Waals surface area contributed by atoms with E-state index in [-0.39, 0.29) is 23.4 Å². The van der Waals surface area contributed by atoms with Crippen molar-refractivity contribution in [2.75, 3.05) is 11.4 Å². The Hall–Kier alpha value is -3.11. The van der Waals surface area contributed by atoms with Crippen LogP contribution in [0.25, 0.3) is 0 Å². The van der Waals surface area contributed by atoms with Crippen LogP contribution in [0.2, 0.25) is 5.02 Å². The summed E-state index contributed by atoms with van der Waals surface area (Å²) in [5.41, 5.74) is 1.81. The molecule has 3 aromatic carbocycles. The van der Waals surface area contributed by atoms with E-state index in [1.807, 2.05) is 54.3 Å². The molecule has 0 aromatic heterocycles. The molecule has 7 heteroatoms. The van der Waals surface area contributed by atoms with Crippen LogP contribution < -0.4 is 15.3 Å². The fourth-order valence-corrected chi connectivity index (χ4v) is 8.01. The molecule has 2 aliphatic heterocycles. The Bertz CT molecular complexity index is 1300. The lowest BCUT2D eigenvalue weighted by molar-refractivity contribution is 0.0950. The standard InChI is InChI=1S/C30H31ClN3O2Si/c1-20-25(16-15-21(19-32)26(20)31)34-28(27-24(30(2,3)4)17-18-33(27)29(34)35)36-37(22-11-7-5-8-12-22)23-13-9-6-10-14-23/h5-16,24,27-28H,17-18H2,1-4H3/t24-,27-,28?/m1/s1. The summed E-state index contributed by atoms with van der Waals surface area (Å²) in [5, 5.41) is 12.1. The second kappa shape index (κ2) is 9.98. The molecule has 0 spiro atoms. The zero-order valence-corrected chi connectivity index (χ0v) is 23.4. The lowest BCUT2D eigenvalue weighted by Crippen LogP contribution is -2.54. The molecule has 0 N–H and O–H groups in total. The molecule has 2 heterocycles. The molecule has 3 atom stereocenters. The van der Waals surface area contributed by atoms with E-state index in [1.54, 1.807) is 11.0 Å². The van der Waals surface area contributed by atoms with Crippen molar-refractivity contribution < 1.29 is 9.22 Å². The number of hydrogen-bond donors (Lipinski definition) is 0. The smallest absolute Gasteiger partial charge is 0.327 e. The van der Waals surface area contributed by atoms with Crippen LogP contribution in [0.1, 0.15) is 38.3 Å². The van der Waals surface area contributed by atoms with Crippen LogP contribution >= 0.6 is 11.6 Å². The summed E-state index contributed by atoms with van der Waals surface area (Å²) in [5.74, 6) is 0.274. The number of nitriles is 1. The molecular weight excluding hydrogens is 498 g/mol. The molecular formula is C30H31ClN3O2Si. The molecule has 37 heavy (non-hydrogen) atoms. The Morgan fingerprint density at radius 2 is 1.59 bits per heavy atom. The summed E-state index contributed by atoms with van der Waals surface area (Å²) in [4.78, 5) is 17.8. The highest BCUT2D eigenvalue weighted by atomic mass is 35.5. The highest BCUT2D eigenvalue weighted by Gasteiger charge is 2.57. The average molecular weight is 529 g/mol. The lowest BCUT2D eigenvalue weighted by Gasteiger charge is -2.37. The van der Waals surface area contributed by atoms with Gasteiger partial charge in [-0.25, -0.2) is 4.79 Å². The summed E-state index contributed by atoms with van der Waals surface area (Å²) in [6, 6.07) is 26.1.